The molecular formula is C8H10ClNO3S. The van der Waals surface area contributed by atoms with Gasteiger partial charge in [-0.15, -0.1) is 0 Å². The lowest BCUT2D eigenvalue weighted by atomic mass is 10.2. The first-order valence-corrected chi connectivity index (χ1v) is 5.67. The van der Waals surface area contributed by atoms with Gasteiger partial charge < -0.3 is 4.74 Å². The largest absolute Gasteiger partial charge is 0.380 e. The normalized spacial score (nSPS) is 11.6. The van der Waals surface area contributed by atoms with Gasteiger partial charge in [-0.25, -0.2) is 13.6 Å². The number of ether oxygens (including phenoxy) is 1. The van der Waals surface area contributed by atoms with Crippen molar-refractivity contribution >= 4 is 21.6 Å². The molecule has 78 valence electrons. The molecule has 0 aliphatic carbocycles. The molecule has 4 nitrogen and oxygen atoms in total. The summed E-state index contributed by atoms with van der Waals surface area (Å²) in [6.07, 6.45) is 0. The molecule has 0 atom stereocenters. The van der Waals surface area contributed by atoms with Gasteiger partial charge in [0.15, 0.2) is 0 Å². The summed E-state index contributed by atoms with van der Waals surface area (Å²) in [7, 11) is -2.27. The van der Waals surface area contributed by atoms with Gasteiger partial charge in [-0.3, -0.25) is 0 Å². The fourth-order valence-corrected chi connectivity index (χ4v) is 2.09. The average Bonchev–Trinajstić information content (AvgIpc) is 2.07. The highest BCUT2D eigenvalue weighted by Gasteiger charge is 2.13. The summed E-state index contributed by atoms with van der Waals surface area (Å²) in [5.74, 6) is 0. The highest BCUT2D eigenvalue weighted by Crippen LogP contribution is 2.20. The van der Waals surface area contributed by atoms with Crippen molar-refractivity contribution in [3.8, 4) is 0 Å². The number of nitrogens with two attached hydrogens (primary N) is 1. The molecule has 0 spiro atoms. The minimum Gasteiger partial charge on any atom is -0.380 e. The molecule has 0 saturated carbocycles. The Morgan fingerprint density at radius 1 is 1.50 bits per heavy atom. The number of rotatable bonds is 3. The summed E-state index contributed by atoms with van der Waals surface area (Å²) in [5.41, 5.74) is 0.499. The molecule has 0 unspecified atom stereocenters. The smallest absolute Gasteiger partial charge is 0.238 e. The maximum atomic E-state index is 11.1. The van der Waals surface area contributed by atoms with Gasteiger partial charge in [-0.05, 0) is 17.7 Å². The maximum Gasteiger partial charge on any atom is 0.238 e. The predicted octanol–water partition coefficient (Wildman–Crippen LogP) is 1.13. The zero-order chi connectivity index (χ0) is 10.8. The summed E-state index contributed by atoms with van der Waals surface area (Å²) >= 11 is 5.66. The van der Waals surface area contributed by atoms with E-state index < -0.39 is 10.0 Å². The topological polar surface area (TPSA) is 69.4 Å². The van der Waals surface area contributed by atoms with E-state index in [0.717, 1.165) is 0 Å². The van der Waals surface area contributed by atoms with Crippen molar-refractivity contribution < 1.29 is 13.2 Å². The quantitative estimate of drug-likeness (QED) is 0.854. The van der Waals surface area contributed by atoms with Gasteiger partial charge in [0.25, 0.3) is 0 Å². The molecule has 1 aromatic carbocycles. The van der Waals surface area contributed by atoms with Gasteiger partial charge in [0, 0.05) is 12.1 Å². The van der Waals surface area contributed by atoms with E-state index in [2.05, 4.69) is 0 Å². The molecule has 0 amide bonds. The van der Waals surface area contributed by atoms with Crippen molar-refractivity contribution in [2.75, 3.05) is 7.11 Å². The minimum atomic E-state index is -3.74. The molecular weight excluding hydrogens is 226 g/mol. The summed E-state index contributed by atoms with van der Waals surface area (Å²) in [6.45, 7) is 0.183. The van der Waals surface area contributed by atoms with E-state index in [-0.39, 0.29) is 11.5 Å². The van der Waals surface area contributed by atoms with Crippen LogP contribution in [-0.4, -0.2) is 15.5 Å². The number of hydrogen-bond donors (Lipinski definition) is 1. The Labute approximate surface area is 87.7 Å². The molecule has 0 bridgehead atoms. The van der Waals surface area contributed by atoms with Crippen LogP contribution in [0.5, 0.6) is 0 Å². The first kappa shape index (κ1) is 11.5. The summed E-state index contributed by atoms with van der Waals surface area (Å²) in [6, 6.07) is 4.47. The van der Waals surface area contributed by atoms with Gasteiger partial charge in [0.2, 0.25) is 10.0 Å². The molecule has 0 fully saturated rings. The number of benzene rings is 1. The molecule has 0 radical (unpaired) electrons. The van der Waals surface area contributed by atoms with Crippen LogP contribution in [0.15, 0.2) is 23.1 Å². The summed E-state index contributed by atoms with van der Waals surface area (Å²) in [4.78, 5) is 0.00634. The molecule has 0 heterocycles. The highest BCUT2D eigenvalue weighted by atomic mass is 35.5. The van der Waals surface area contributed by atoms with Crippen molar-refractivity contribution in [1.82, 2.24) is 0 Å². The average molecular weight is 236 g/mol. The van der Waals surface area contributed by atoms with Crippen LogP contribution in [0.1, 0.15) is 5.56 Å². The number of primary sulfonamides is 1. The Hall–Kier alpha value is -0.620. The standard InChI is InChI=1S/C8H10ClNO3S/c1-13-5-6-2-3-7(9)4-8(6)14(10,11)12/h2-4H,5H2,1H3,(H2,10,11,12). The van der Waals surface area contributed by atoms with E-state index in [1.807, 2.05) is 0 Å². The molecule has 0 aliphatic rings. The van der Waals surface area contributed by atoms with Crippen LogP contribution in [-0.2, 0) is 21.4 Å². The van der Waals surface area contributed by atoms with Crippen molar-refractivity contribution in [2.24, 2.45) is 5.14 Å². The second-order valence-corrected chi connectivity index (χ2v) is 4.70. The third kappa shape index (κ3) is 2.68. The molecule has 14 heavy (non-hydrogen) atoms. The second kappa shape index (κ2) is 4.27. The van der Waals surface area contributed by atoms with Gasteiger partial charge in [-0.1, -0.05) is 17.7 Å². The molecule has 0 aliphatic heterocycles. The Balaban J connectivity index is 3.30. The van der Waals surface area contributed by atoms with Crippen LogP contribution in [0.3, 0.4) is 0 Å². The van der Waals surface area contributed by atoms with E-state index in [1.54, 1.807) is 12.1 Å². The van der Waals surface area contributed by atoms with E-state index in [0.29, 0.717) is 10.6 Å². The third-order valence-corrected chi connectivity index (χ3v) is 2.86. The van der Waals surface area contributed by atoms with E-state index in [9.17, 15) is 8.42 Å². The zero-order valence-electron chi connectivity index (χ0n) is 7.53. The molecule has 2 N–H and O–H groups in total. The summed E-state index contributed by atoms with van der Waals surface area (Å²) in [5, 5.41) is 5.34. The molecule has 1 aromatic rings. The Morgan fingerprint density at radius 2 is 2.14 bits per heavy atom. The van der Waals surface area contributed by atoms with Crippen LogP contribution in [0, 0.1) is 0 Å². The van der Waals surface area contributed by atoms with E-state index in [4.69, 9.17) is 21.5 Å². The number of methoxy groups -OCH3 is 1. The predicted molar refractivity (Wildman–Crippen MR) is 53.5 cm³/mol. The first-order valence-electron chi connectivity index (χ1n) is 3.75. The van der Waals surface area contributed by atoms with Crippen LogP contribution < -0.4 is 5.14 Å². The minimum absolute atomic E-state index is 0.00634. The lowest BCUT2D eigenvalue weighted by molar-refractivity contribution is 0.182. The lowest BCUT2D eigenvalue weighted by Gasteiger charge is -2.06. The lowest BCUT2D eigenvalue weighted by Crippen LogP contribution is -2.14. The summed E-state index contributed by atoms with van der Waals surface area (Å²) < 4.78 is 27.1. The zero-order valence-corrected chi connectivity index (χ0v) is 9.10. The van der Waals surface area contributed by atoms with Gasteiger partial charge in [-0.2, -0.15) is 0 Å². The van der Waals surface area contributed by atoms with Crippen molar-refractivity contribution in [1.29, 1.82) is 0 Å². The van der Waals surface area contributed by atoms with Crippen molar-refractivity contribution in [3.05, 3.63) is 28.8 Å². The first-order chi connectivity index (χ1) is 6.45. The van der Waals surface area contributed by atoms with Gasteiger partial charge >= 0.3 is 0 Å². The molecule has 0 aromatic heterocycles. The van der Waals surface area contributed by atoms with Crippen molar-refractivity contribution in [3.63, 3.8) is 0 Å². The van der Waals surface area contributed by atoms with E-state index >= 15 is 0 Å². The Kier molecular flexibility index (Phi) is 3.49. The SMILES string of the molecule is COCc1ccc(Cl)cc1S(N)(=O)=O. The highest BCUT2D eigenvalue weighted by molar-refractivity contribution is 7.89. The monoisotopic (exact) mass is 235 g/mol. The van der Waals surface area contributed by atoms with Gasteiger partial charge in [0.1, 0.15) is 0 Å². The van der Waals surface area contributed by atoms with Crippen LogP contribution in [0.4, 0.5) is 0 Å². The number of hydrogen-bond acceptors (Lipinski definition) is 3. The molecule has 0 saturated heterocycles. The van der Waals surface area contributed by atoms with E-state index in [1.165, 1.54) is 13.2 Å². The van der Waals surface area contributed by atoms with Crippen molar-refractivity contribution in [2.45, 2.75) is 11.5 Å². The Morgan fingerprint density at radius 3 is 2.64 bits per heavy atom. The fraction of sp³-hybridized carbons (Fsp3) is 0.250. The third-order valence-electron chi connectivity index (χ3n) is 1.64. The molecule has 1 rings (SSSR count). The second-order valence-electron chi connectivity index (χ2n) is 2.73. The van der Waals surface area contributed by atoms with Gasteiger partial charge in [0.05, 0.1) is 11.5 Å². The molecule has 6 heteroatoms. The van der Waals surface area contributed by atoms with Crippen LogP contribution >= 0.6 is 11.6 Å². The Bertz CT molecular complexity index is 430. The fourth-order valence-electron chi connectivity index (χ4n) is 1.07. The maximum absolute atomic E-state index is 11.1. The van der Waals surface area contributed by atoms with Crippen LogP contribution in [0.2, 0.25) is 5.02 Å². The number of sulfonamides is 1. The van der Waals surface area contributed by atoms with Crippen LogP contribution in [0.25, 0.3) is 0 Å². The number of halogens is 1.